The van der Waals surface area contributed by atoms with Crippen LogP contribution in [0, 0.1) is 5.92 Å². The van der Waals surface area contributed by atoms with E-state index in [2.05, 4.69) is 36.8 Å². The Morgan fingerprint density at radius 2 is 2.53 bits per heavy atom. The monoisotopic (exact) mass is 277 g/mol. The van der Waals surface area contributed by atoms with Crippen LogP contribution in [0.1, 0.15) is 12.8 Å². The number of hydrogen-bond donors (Lipinski definition) is 2. The van der Waals surface area contributed by atoms with E-state index >= 15 is 0 Å². The third-order valence-corrected chi connectivity index (χ3v) is 4.40. The number of anilines is 1. The third kappa shape index (κ3) is 2.79. The summed E-state index contributed by atoms with van der Waals surface area (Å²) in [6.45, 7) is 3.17. The molecule has 5 nitrogen and oxygen atoms in total. The first-order valence-corrected chi connectivity index (χ1v) is 7.60. The lowest BCUT2D eigenvalue weighted by atomic mass is 9.98. The van der Waals surface area contributed by atoms with Gasteiger partial charge in [-0.15, -0.1) is 16.4 Å². The molecule has 0 aromatic carbocycles. The zero-order valence-electron chi connectivity index (χ0n) is 11.1. The number of rotatable bonds is 4. The maximum atomic E-state index is 4.62. The van der Waals surface area contributed by atoms with Crippen molar-refractivity contribution in [3.8, 4) is 10.7 Å². The van der Waals surface area contributed by atoms with Crippen molar-refractivity contribution >= 4 is 17.3 Å². The number of thiophene rings is 1. The van der Waals surface area contributed by atoms with Crippen molar-refractivity contribution < 1.29 is 0 Å². The van der Waals surface area contributed by atoms with Gasteiger partial charge in [-0.1, -0.05) is 6.07 Å². The first-order chi connectivity index (χ1) is 9.36. The molecule has 0 aliphatic carbocycles. The van der Waals surface area contributed by atoms with Crippen LogP contribution in [-0.4, -0.2) is 41.9 Å². The Hall–Kier alpha value is -1.40. The number of nitrogens with one attached hydrogen (secondary N) is 2. The highest BCUT2D eigenvalue weighted by atomic mass is 32.1. The summed E-state index contributed by atoms with van der Waals surface area (Å²) in [5.74, 6) is 2.41. The third-order valence-electron chi connectivity index (χ3n) is 3.52. The summed E-state index contributed by atoms with van der Waals surface area (Å²) in [7, 11) is 2.01. The van der Waals surface area contributed by atoms with E-state index in [1.165, 1.54) is 12.8 Å². The zero-order valence-corrected chi connectivity index (χ0v) is 11.9. The van der Waals surface area contributed by atoms with Gasteiger partial charge in [-0.05, 0) is 43.8 Å². The van der Waals surface area contributed by atoms with Gasteiger partial charge in [0.1, 0.15) is 0 Å². The van der Waals surface area contributed by atoms with Gasteiger partial charge < -0.3 is 10.2 Å². The zero-order chi connectivity index (χ0) is 13.1. The van der Waals surface area contributed by atoms with Crippen molar-refractivity contribution in [2.75, 3.05) is 31.6 Å². The molecule has 1 unspecified atom stereocenters. The summed E-state index contributed by atoms with van der Waals surface area (Å²) >= 11 is 1.68. The summed E-state index contributed by atoms with van der Waals surface area (Å²) in [5.41, 5.74) is 0. The van der Waals surface area contributed by atoms with Crippen LogP contribution < -0.4 is 10.2 Å². The lowest BCUT2D eigenvalue weighted by Crippen LogP contribution is -2.39. The fourth-order valence-corrected chi connectivity index (χ4v) is 3.28. The van der Waals surface area contributed by atoms with Crippen LogP contribution in [-0.2, 0) is 0 Å². The summed E-state index contributed by atoms with van der Waals surface area (Å²) < 4.78 is 0. The number of nitrogens with zero attached hydrogens (tertiary/aromatic N) is 3. The number of hydrogen-bond acceptors (Lipinski definition) is 5. The SMILES string of the molecule is CNCC1CCCN(c2n[nH]c(-c3cccs3)n2)C1. The highest BCUT2D eigenvalue weighted by molar-refractivity contribution is 7.13. The average Bonchev–Trinajstić information content (AvgIpc) is 3.11. The molecule has 3 rings (SSSR count). The van der Waals surface area contributed by atoms with Gasteiger partial charge in [0.25, 0.3) is 0 Å². The maximum Gasteiger partial charge on any atom is 0.245 e. The lowest BCUT2D eigenvalue weighted by Gasteiger charge is -2.31. The Morgan fingerprint density at radius 3 is 3.32 bits per heavy atom. The van der Waals surface area contributed by atoms with E-state index in [-0.39, 0.29) is 0 Å². The molecule has 2 N–H and O–H groups in total. The topological polar surface area (TPSA) is 56.8 Å². The van der Waals surface area contributed by atoms with E-state index < -0.39 is 0 Å². The molecule has 1 saturated heterocycles. The van der Waals surface area contributed by atoms with E-state index in [0.717, 1.165) is 36.3 Å². The fraction of sp³-hybridized carbons (Fsp3) is 0.538. The molecular formula is C13H19N5S. The van der Waals surface area contributed by atoms with Crippen molar-refractivity contribution in [1.82, 2.24) is 20.5 Å². The van der Waals surface area contributed by atoms with Crippen LogP contribution in [0.3, 0.4) is 0 Å². The van der Waals surface area contributed by atoms with Crippen LogP contribution >= 0.6 is 11.3 Å². The molecule has 0 saturated carbocycles. The predicted molar refractivity (Wildman–Crippen MR) is 78.6 cm³/mol. The number of aromatic nitrogens is 3. The van der Waals surface area contributed by atoms with Crippen molar-refractivity contribution in [3.63, 3.8) is 0 Å². The minimum absolute atomic E-state index is 0.697. The van der Waals surface area contributed by atoms with Crippen LogP contribution in [0.4, 0.5) is 5.95 Å². The molecule has 1 atom stereocenters. The second kappa shape index (κ2) is 5.71. The molecule has 0 spiro atoms. The second-order valence-electron chi connectivity index (χ2n) is 4.97. The Labute approximate surface area is 117 Å². The smallest absolute Gasteiger partial charge is 0.245 e. The normalized spacial score (nSPS) is 19.8. The molecule has 0 bridgehead atoms. The fourth-order valence-electron chi connectivity index (χ4n) is 2.62. The quantitative estimate of drug-likeness (QED) is 0.897. The van der Waals surface area contributed by atoms with E-state index in [1.807, 2.05) is 13.1 Å². The highest BCUT2D eigenvalue weighted by Crippen LogP contribution is 2.24. The van der Waals surface area contributed by atoms with Gasteiger partial charge >= 0.3 is 0 Å². The second-order valence-corrected chi connectivity index (χ2v) is 5.92. The van der Waals surface area contributed by atoms with Gasteiger partial charge in [-0.25, -0.2) is 0 Å². The van der Waals surface area contributed by atoms with E-state index in [4.69, 9.17) is 0 Å². The molecule has 0 radical (unpaired) electrons. The van der Waals surface area contributed by atoms with Gasteiger partial charge in [0.05, 0.1) is 4.88 Å². The van der Waals surface area contributed by atoms with Gasteiger partial charge in [-0.3, -0.25) is 5.10 Å². The molecule has 102 valence electrons. The van der Waals surface area contributed by atoms with Gasteiger partial charge in [-0.2, -0.15) is 4.98 Å². The van der Waals surface area contributed by atoms with Crippen LogP contribution in [0.2, 0.25) is 0 Å². The van der Waals surface area contributed by atoms with Gasteiger partial charge in [0, 0.05) is 13.1 Å². The summed E-state index contributed by atoms with van der Waals surface area (Å²) in [6, 6.07) is 4.10. The van der Waals surface area contributed by atoms with Crippen LogP contribution in [0.15, 0.2) is 17.5 Å². The van der Waals surface area contributed by atoms with Crippen molar-refractivity contribution in [3.05, 3.63) is 17.5 Å². The maximum absolute atomic E-state index is 4.62. The lowest BCUT2D eigenvalue weighted by molar-refractivity contribution is 0.399. The Balaban J connectivity index is 1.72. The first kappa shape index (κ1) is 12.6. The van der Waals surface area contributed by atoms with Gasteiger partial charge in [0.2, 0.25) is 5.95 Å². The van der Waals surface area contributed by atoms with E-state index in [9.17, 15) is 0 Å². The molecule has 1 aliphatic rings. The van der Waals surface area contributed by atoms with Gasteiger partial charge in [0.15, 0.2) is 5.82 Å². The van der Waals surface area contributed by atoms with E-state index in [0.29, 0.717) is 5.92 Å². The number of H-pyrrole nitrogens is 1. The molecule has 6 heteroatoms. The van der Waals surface area contributed by atoms with Crippen molar-refractivity contribution in [2.24, 2.45) is 5.92 Å². The number of aromatic amines is 1. The highest BCUT2D eigenvalue weighted by Gasteiger charge is 2.22. The standard InChI is InChI=1S/C13H19N5S/c1-14-8-10-4-2-6-18(9-10)13-15-12(16-17-13)11-5-3-7-19-11/h3,5,7,10,14H,2,4,6,8-9H2,1H3,(H,15,16,17). The molecule has 0 amide bonds. The molecular weight excluding hydrogens is 258 g/mol. The summed E-state index contributed by atoms with van der Waals surface area (Å²) in [4.78, 5) is 8.05. The largest absolute Gasteiger partial charge is 0.339 e. The first-order valence-electron chi connectivity index (χ1n) is 6.72. The molecule has 1 fully saturated rings. The van der Waals surface area contributed by atoms with Crippen molar-refractivity contribution in [1.29, 1.82) is 0 Å². The van der Waals surface area contributed by atoms with Crippen LogP contribution in [0.5, 0.6) is 0 Å². The van der Waals surface area contributed by atoms with Crippen LogP contribution in [0.25, 0.3) is 10.7 Å². The summed E-state index contributed by atoms with van der Waals surface area (Å²) in [6.07, 6.45) is 2.51. The van der Waals surface area contributed by atoms with E-state index in [1.54, 1.807) is 11.3 Å². The van der Waals surface area contributed by atoms with Crippen molar-refractivity contribution in [2.45, 2.75) is 12.8 Å². The molecule has 2 aromatic heterocycles. The minimum atomic E-state index is 0.697. The molecule has 2 aromatic rings. The minimum Gasteiger partial charge on any atom is -0.339 e. The summed E-state index contributed by atoms with van der Waals surface area (Å²) in [5, 5.41) is 12.7. The Morgan fingerprint density at radius 1 is 1.58 bits per heavy atom. The Bertz CT molecular complexity index is 505. The Kier molecular flexibility index (Phi) is 3.79. The number of piperidine rings is 1. The molecule has 1 aliphatic heterocycles. The predicted octanol–water partition coefficient (Wildman–Crippen LogP) is 1.97. The molecule has 3 heterocycles. The average molecular weight is 277 g/mol. The molecule has 19 heavy (non-hydrogen) atoms.